The molecular formula is C29H30F2N4O4S. The number of hydrogen-bond donors (Lipinski definition) is 0. The van der Waals surface area contributed by atoms with Gasteiger partial charge in [-0.1, -0.05) is 6.07 Å². The van der Waals surface area contributed by atoms with Crippen LogP contribution in [0.1, 0.15) is 31.0 Å². The summed E-state index contributed by atoms with van der Waals surface area (Å²) in [6, 6.07) is 12.6. The molecule has 1 aromatic heterocycles. The molecule has 2 aromatic carbocycles. The molecule has 0 amide bonds. The molecule has 2 aliphatic heterocycles. The number of anilines is 1. The van der Waals surface area contributed by atoms with Gasteiger partial charge in [0.15, 0.2) is 0 Å². The Morgan fingerprint density at radius 2 is 1.95 bits per heavy atom. The van der Waals surface area contributed by atoms with Crippen molar-refractivity contribution >= 4 is 27.8 Å². The quantitative estimate of drug-likeness (QED) is 0.416. The number of halogens is 2. The normalized spacial score (nSPS) is 22.9. The van der Waals surface area contributed by atoms with E-state index in [-0.39, 0.29) is 43.4 Å². The Morgan fingerprint density at radius 1 is 1.15 bits per heavy atom. The first-order valence-corrected chi connectivity index (χ1v) is 14.9. The third kappa shape index (κ3) is 4.50. The number of aromatic nitrogens is 2. The van der Waals surface area contributed by atoms with Gasteiger partial charge in [-0.25, -0.2) is 21.9 Å². The van der Waals surface area contributed by atoms with Crippen LogP contribution in [0.3, 0.4) is 0 Å². The van der Waals surface area contributed by atoms with Gasteiger partial charge in [0.05, 0.1) is 29.1 Å². The molecule has 2 unspecified atom stereocenters. The van der Waals surface area contributed by atoms with Gasteiger partial charge >= 0.3 is 5.97 Å². The molecule has 2 atom stereocenters. The van der Waals surface area contributed by atoms with Crippen LogP contribution in [0.25, 0.3) is 11.8 Å². The third-order valence-corrected chi connectivity index (χ3v) is 9.91. The van der Waals surface area contributed by atoms with Crippen molar-refractivity contribution in [1.29, 1.82) is 0 Å². The fourth-order valence-electron chi connectivity index (χ4n) is 5.99. The minimum absolute atomic E-state index is 0.0678. The minimum Gasteiger partial charge on any atom is -0.465 e. The van der Waals surface area contributed by atoms with E-state index in [9.17, 15) is 22.0 Å². The number of carbonyl (C=O) groups is 1. The Hall–Kier alpha value is -3.57. The summed E-state index contributed by atoms with van der Waals surface area (Å²) in [5.41, 5.74) is 2.49. The lowest BCUT2D eigenvalue weighted by Crippen LogP contribution is -2.53. The zero-order chi connectivity index (χ0) is 28.1. The van der Waals surface area contributed by atoms with Crippen molar-refractivity contribution in [3.63, 3.8) is 0 Å². The molecule has 0 bridgehead atoms. The van der Waals surface area contributed by atoms with Gasteiger partial charge in [-0.15, -0.1) is 0 Å². The standard InChI is InChI=1S/C29H30F2N4O4S/c1-2-39-28(36)29-16-20-17-32-35(24-8-6-22(30)7-9-24)27(20)14-21(29)10-13-34(19-29)40(37,38)26-5-3-4-25(15-26)33-12-11-23(31)18-33/h3-9,14-15,17,23H,2,10-13,16,18-19H2,1H3. The molecule has 40 heavy (non-hydrogen) atoms. The summed E-state index contributed by atoms with van der Waals surface area (Å²) in [5, 5.41) is 4.49. The van der Waals surface area contributed by atoms with Crippen LogP contribution in [0.5, 0.6) is 0 Å². The predicted octanol–water partition coefficient (Wildman–Crippen LogP) is 4.14. The second-order valence-electron chi connectivity index (χ2n) is 10.5. The van der Waals surface area contributed by atoms with Gasteiger partial charge in [-0.05, 0) is 85.9 Å². The highest BCUT2D eigenvalue weighted by Gasteiger charge is 2.52. The second-order valence-corrected chi connectivity index (χ2v) is 12.4. The molecule has 8 nitrogen and oxygen atoms in total. The van der Waals surface area contributed by atoms with Crippen molar-refractivity contribution in [3.05, 3.63) is 77.4 Å². The Bertz CT molecular complexity index is 1590. The van der Waals surface area contributed by atoms with Gasteiger partial charge in [0.1, 0.15) is 17.4 Å². The van der Waals surface area contributed by atoms with Crippen molar-refractivity contribution in [2.24, 2.45) is 5.41 Å². The predicted molar refractivity (Wildman–Crippen MR) is 146 cm³/mol. The van der Waals surface area contributed by atoms with Crippen molar-refractivity contribution in [2.45, 2.75) is 37.3 Å². The first-order chi connectivity index (χ1) is 19.2. The van der Waals surface area contributed by atoms with E-state index in [0.29, 0.717) is 30.8 Å². The number of esters is 1. The Labute approximate surface area is 231 Å². The number of fused-ring (bicyclic) bond motifs is 2. The summed E-state index contributed by atoms with van der Waals surface area (Å²) in [7, 11) is -3.96. The molecule has 6 rings (SSSR count). The first-order valence-electron chi connectivity index (χ1n) is 13.4. The van der Waals surface area contributed by atoms with Crippen LogP contribution in [0.15, 0.2) is 65.2 Å². The number of ether oxygens (including phenoxy) is 1. The summed E-state index contributed by atoms with van der Waals surface area (Å²) in [5.74, 6) is -0.822. The zero-order valence-corrected chi connectivity index (χ0v) is 22.9. The van der Waals surface area contributed by atoms with E-state index in [1.807, 2.05) is 11.0 Å². The molecule has 2 fully saturated rings. The maximum absolute atomic E-state index is 13.9. The lowest BCUT2D eigenvalue weighted by Gasteiger charge is -2.44. The van der Waals surface area contributed by atoms with Crippen molar-refractivity contribution in [1.82, 2.24) is 14.1 Å². The number of piperidine rings is 1. The fourth-order valence-corrected chi connectivity index (χ4v) is 7.53. The maximum atomic E-state index is 13.9. The maximum Gasteiger partial charge on any atom is 0.317 e. The minimum atomic E-state index is -3.96. The highest BCUT2D eigenvalue weighted by Crippen LogP contribution is 2.46. The van der Waals surface area contributed by atoms with E-state index in [4.69, 9.17) is 4.74 Å². The number of benzene rings is 2. The monoisotopic (exact) mass is 568 g/mol. The fraction of sp³-hybridized carbons (Fsp3) is 0.379. The molecular weight excluding hydrogens is 538 g/mol. The van der Waals surface area contributed by atoms with Crippen LogP contribution in [0.2, 0.25) is 0 Å². The molecule has 210 valence electrons. The van der Waals surface area contributed by atoms with Crippen LogP contribution in [0, 0.1) is 11.2 Å². The number of alkyl halides is 1. The topological polar surface area (TPSA) is 84.7 Å². The highest BCUT2D eigenvalue weighted by atomic mass is 32.2. The molecule has 3 heterocycles. The molecule has 0 saturated carbocycles. The van der Waals surface area contributed by atoms with Crippen LogP contribution in [0.4, 0.5) is 14.5 Å². The lowest BCUT2D eigenvalue weighted by atomic mass is 9.69. The summed E-state index contributed by atoms with van der Waals surface area (Å²) in [6.07, 6.45) is 3.61. The Morgan fingerprint density at radius 3 is 2.67 bits per heavy atom. The smallest absolute Gasteiger partial charge is 0.317 e. The van der Waals surface area contributed by atoms with E-state index in [1.54, 1.807) is 48.1 Å². The van der Waals surface area contributed by atoms with Gasteiger partial charge in [-0.3, -0.25) is 4.79 Å². The average Bonchev–Trinajstić information content (AvgIpc) is 3.58. The van der Waals surface area contributed by atoms with Gasteiger partial charge in [-0.2, -0.15) is 9.40 Å². The summed E-state index contributed by atoms with van der Waals surface area (Å²) in [4.78, 5) is 15.5. The molecule has 0 radical (unpaired) electrons. The van der Waals surface area contributed by atoms with Gasteiger partial charge in [0.25, 0.3) is 0 Å². The molecule has 3 aromatic rings. The first kappa shape index (κ1) is 26.6. The molecule has 3 aliphatic rings. The second kappa shape index (κ2) is 10.1. The van der Waals surface area contributed by atoms with E-state index >= 15 is 0 Å². The van der Waals surface area contributed by atoms with Crippen molar-refractivity contribution in [2.75, 3.05) is 37.7 Å². The van der Waals surface area contributed by atoms with Crippen LogP contribution in [-0.4, -0.2) is 67.4 Å². The summed E-state index contributed by atoms with van der Waals surface area (Å²) < 4.78 is 63.7. The summed E-state index contributed by atoms with van der Waals surface area (Å²) >= 11 is 0. The molecule has 0 spiro atoms. The third-order valence-electron chi connectivity index (χ3n) is 8.07. The number of rotatable bonds is 6. The molecule has 11 heteroatoms. The van der Waals surface area contributed by atoms with Crippen LogP contribution in [-0.2, 0) is 26.0 Å². The summed E-state index contributed by atoms with van der Waals surface area (Å²) in [6.45, 7) is 2.78. The Kier molecular flexibility index (Phi) is 6.74. The van der Waals surface area contributed by atoms with Crippen molar-refractivity contribution < 1.29 is 26.7 Å². The highest BCUT2D eigenvalue weighted by molar-refractivity contribution is 7.89. The molecule has 0 N–H and O–H groups in total. The average molecular weight is 569 g/mol. The number of hydrogen-bond acceptors (Lipinski definition) is 6. The van der Waals surface area contributed by atoms with Crippen LogP contribution >= 0.6 is 0 Å². The van der Waals surface area contributed by atoms with Gasteiger partial charge in [0.2, 0.25) is 10.0 Å². The van der Waals surface area contributed by atoms with E-state index in [2.05, 4.69) is 5.10 Å². The largest absolute Gasteiger partial charge is 0.465 e. The van der Waals surface area contributed by atoms with E-state index in [0.717, 1.165) is 16.8 Å². The number of carbonyl (C=O) groups excluding carboxylic acids is 1. The molecule has 2 saturated heterocycles. The van der Waals surface area contributed by atoms with Gasteiger partial charge in [0, 0.05) is 31.9 Å². The lowest BCUT2D eigenvalue weighted by molar-refractivity contribution is -0.154. The number of nitrogens with zero attached hydrogens (tertiary/aromatic N) is 4. The number of sulfonamides is 1. The zero-order valence-electron chi connectivity index (χ0n) is 22.1. The van der Waals surface area contributed by atoms with Gasteiger partial charge < -0.3 is 9.64 Å². The van der Waals surface area contributed by atoms with Crippen molar-refractivity contribution in [3.8, 4) is 5.69 Å². The SMILES string of the molecule is CCOC(=O)C12Cc3cnn(-c4ccc(F)cc4)c3C=C1CCN(S(=O)(=O)c1cccc(N3CCC(F)C3)c1)C2. The molecule has 1 aliphatic carbocycles. The van der Waals surface area contributed by atoms with Crippen LogP contribution < -0.4 is 4.90 Å². The van der Waals surface area contributed by atoms with E-state index < -0.39 is 27.6 Å². The van der Waals surface area contributed by atoms with E-state index in [1.165, 1.54) is 22.5 Å². The Balaban J connectivity index is 1.34.